The molecule has 0 aliphatic heterocycles. The van der Waals surface area contributed by atoms with Gasteiger partial charge in [-0.3, -0.25) is 4.98 Å². The third kappa shape index (κ3) is 2.80. The van der Waals surface area contributed by atoms with E-state index in [2.05, 4.69) is 10.3 Å². The highest BCUT2D eigenvalue weighted by Crippen LogP contribution is 2.20. The second-order valence-electron chi connectivity index (χ2n) is 3.97. The van der Waals surface area contributed by atoms with Gasteiger partial charge in [0.2, 0.25) is 0 Å². The van der Waals surface area contributed by atoms with E-state index < -0.39 is 17.5 Å². The highest BCUT2D eigenvalue weighted by Gasteiger charge is 2.10. The Labute approximate surface area is 102 Å². The van der Waals surface area contributed by atoms with E-state index in [9.17, 15) is 13.2 Å². The van der Waals surface area contributed by atoms with E-state index in [1.54, 1.807) is 12.4 Å². The average Bonchev–Trinajstić information content (AvgIpc) is 2.27. The molecule has 2 aromatic rings. The Bertz CT molecular complexity index is 547. The van der Waals surface area contributed by atoms with Crippen molar-refractivity contribution in [3.63, 3.8) is 0 Å². The van der Waals surface area contributed by atoms with Crippen molar-refractivity contribution < 1.29 is 13.2 Å². The molecule has 0 amide bonds. The van der Waals surface area contributed by atoms with Crippen molar-refractivity contribution >= 4 is 5.69 Å². The Balaban J connectivity index is 2.16. The number of hydrogen-bond acceptors (Lipinski definition) is 2. The van der Waals surface area contributed by atoms with Crippen LogP contribution in [0.15, 0.2) is 30.6 Å². The summed E-state index contributed by atoms with van der Waals surface area (Å²) in [5.74, 6) is -2.84. The zero-order valence-electron chi connectivity index (χ0n) is 9.67. The van der Waals surface area contributed by atoms with E-state index in [0.717, 1.165) is 11.1 Å². The third-order valence-electron chi connectivity index (χ3n) is 2.41. The molecule has 94 valence electrons. The molecule has 2 rings (SSSR count). The first-order valence-electron chi connectivity index (χ1n) is 5.35. The maximum atomic E-state index is 13.3. The monoisotopic (exact) mass is 252 g/mol. The Morgan fingerprint density at radius 1 is 1.06 bits per heavy atom. The molecule has 0 bridgehead atoms. The molecule has 2 nitrogen and oxygen atoms in total. The number of benzene rings is 1. The van der Waals surface area contributed by atoms with Gasteiger partial charge in [0.1, 0.15) is 11.5 Å². The molecular formula is C13H11F3N2. The predicted octanol–water partition coefficient (Wildman–Crippen LogP) is 3.42. The van der Waals surface area contributed by atoms with Crippen LogP contribution in [0.3, 0.4) is 0 Å². The Hall–Kier alpha value is -2.04. The Kier molecular flexibility index (Phi) is 3.50. The number of hydrogen-bond donors (Lipinski definition) is 1. The minimum absolute atomic E-state index is 0.216. The zero-order chi connectivity index (χ0) is 13.1. The van der Waals surface area contributed by atoms with Crippen LogP contribution in [0.25, 0.3) is 0 Å². The van der Waals surface area contributed by atoms with Crippen LogP contribution >= 0.6 is 0 Å². The number of nitrogens with zero attached hydrogens (tertiary/aromatic N) is 1. The number of pyridine rings is 1. The van der Waals surface area contributed by atoms with Crippen molar-refractivity contribution in [1.82, 2.24) is 4.98 Å². The van der Waals surface area contributed by atoms with E-state index in [1.807, 2.05) is 13.0 Å². The van der Waals surface area contributed by atoms with Crippen LogP contribution in [-0.2, 0) is 6.54 Å². The molecule has 0 spiro atoms. The fourth-order valence-corrected chi connectivity index (χ4v) is 1.62. The first-order chi connectivity index (χ1) is 8.56. The molecule has 0 unspecified atom stereocenters. The molecule has 1 aromatic carbocycles. The maximum absolute atomic E-state index is 13.3. The smallest absolute Gasteiger partial charge is 0.152 e. The lowest BCUT2D eigenvalue weighted by Crippen LogP contribution is -2.05. The number of anilines is 1. The fraction of sp³-hybridized carbons (Fsp3) is 0.154. The van der Waals surface area contributed by atoms with Crippen LogP contribution in [0, 0.1) is 24.4 Å². The Morgan fingerprint density at radius 2 is 1.72 bits per heavy atom. The van der Waals surface area contributed by atoms with E-state index in [1.165, 1.54) is 0 Å². The van der Waals surface area contributed by atoms with E-state index >= 15 is 0 Å². The molecule has 0 aliphatic carbocycles. The van der Waals surface area contributed by atoms with Crippen LogP contribution in [0.2, 0.25) is 0 Å². The van der Waals surface area contributed by atoms with Crippen molar-refractivity contribution in [2.75, 3.05) is 5.32 Å². The summed E-state index contributed by atoms with van der Waals surface area (Å²) in [6, 6.07) is 3.12. The summed E-state index contributed by atoms with van der Waals surface area (Å²) in [7, 11) is 0. The van der Waals surface area contributed by atoms with Gasteiger partial charge in [0.05, 0.1) is 0 Å². The molecule has 0 saturated carbocycles. The van der Waals surface area contributed by atoms with Gasteiger partial charge in [-0.25, -0.2) is 13.2 Å². The van der Waals surface area contributed by atoms with Gasteiger partial charge in [-0.05, 0) is 18.1 Å². The molecule has 0 aliphatic rings. The molecule has 0 radical (unpaired) electrons. The van der Waals surface area contributed by atoms with Gasteiger partial charge in [0, 0.05) is 31.1 Å². The van der Waals surface area contributed by atoms with Crippen LogP contribution < -0.4 is 5.32 Å². The summed E-state index contributed by atoms with van der Waals surface area (Å²) in [5, 5.41) is 2.60. The molecule has 1 N–H and O–H groups in total. The lowest BCUT2D eigenvalue weighted by Gasteiger charge is -2.09. The SMILES string of the molecule is Cc1cncc(CNc2c(F)cc(F)cc2F)c1. The predicted molar refractivity (Wildman–Crippen MR) is 62.6 cm³/mol. The molecule has 0 saturated heterocycles. The summed E-state index contributed by atoms with van der Waals surface area (Å²) in [6.07, 6.45) is 3.28. The average molecular weight is 252 g/mol. The van der Waals surface area contributed by atoms with Crippen molar-refractivity contribution in [2.24, 2.45) is 0 Å². The lowest BCUT2D eigenvalue weighted by atomic mass is 10.2. The van der Waals surface area contributed by atoms with Gasteiger partial charge in [0.15, 0.2) is 11.6 Å². The summed E-state index contributed by atoms with van der Waals surface area (Å²) in [5.41, 5.74) is 1.41. The topological polar surface area (TPSA) is 24.9 Å². The largest absolute Gasteiger partial charge is 0.376 e. The molecule has 0 fully saturated rings. The molecule has 1 heterocycles. The van der Waals surface area contributed by atoms with Gasteiger partial charge in [-0.2, -0.15) is 0 Å². The van der Waals surface area contributed by atoms with Crippen LogP contribution in [0.4, 0.5) is 18.9 Å². The van der Waals surface area contributed by atoms with Gasteiger partial charge in [0.25, 0.3) is 0 Å². The number of halogens is 3. The molecule has 5 heteroatoms. The maximum Gasteiger partial charge on any atom is 0.152 e. The third-order valence-corrected chi connectivity index (χ3v) is 2.41. The summed E-state index contributed by atoms with van der Waals surface area (Å²) in [6.45, 7) is 2.09. The quantitative estimate of drug-likeness (QED) is 0.905. The van der Waals surface area contributed by atoms with Gasteiger partial charge >= 0.3 is 0 Å². The van der Waals surface area contributed by atoms with Gasteiger partial charge in [-0.1, -0.05) is 6.07 Å². The van der Waals surface area contributed by atoms with E-state index in [4.69, 9.17) is 0 Å². The fourth-order valence-electron chi connectivity index (χ4n) is 1.62. The summed E-state index contributed by atoms with van der Waals surface area (Å²) in [4.78, 5) is 3.97. The normalized spacial score (nSPS) is 10.4. The highest BCUT2D eigenvalue weighted by molar-refractivity contribution is 5.46. The first kappa shape index (κ1) is 12.4. The minimum atomic E-state index is -0.951. The molecule has 18 heavy (non-hydrogen) atoms. The molecule has 0 atom stereocenters. The van der Waals surface area contributed by atoms with Crippen molar-refractivity contribution in [2.45, 2.75) is 13.5 Å². The number of nitrogens with one attached hydrogen (secondary N) is 1. The van der Waals surface area contributed by atoms with E-state index in [0.29, 0.717) is 12.1 Å². The van der Waals surface area contributed by atoms with E-state index in [-0.39, 0.29) is 12.2 Å². The van der Waals surface area contributed by atoms with Crippen LogP contribution in [0.5, 0.6) is 0 Å². The van der Waals surface area contributed by atoms with Crippen molar-refractivity contribution in [3.8, 4) is 0 Å². The first-order valence-corrected chi connectivity index (χ1v) is 5.35. The second-order valence-corrected chi connectivity index (χ2v) is 3.97. The minimum Gasteiger partial charge on any atom is -0.376 e. The van der Waals surface area contributed by atoms with Gasteiger partial charge < -0.3 is 5.32 Å². The Morgan fingerprint density at radius 3 is 2.33 bits per heavy atom. The van der Waals surface area contributed by atoms with Crippen LogP contribution in [0.1, 0.15) is 11.1 Å². The summed E-state index contributed by atoms with van der Waals surface area (Å²) >= 11 is 0. The standard InChI is InChI=1S/C13H11F3N2/c1-8-2-9(6-17-5-8)7-18-13-11(15)3-10(14)4-12(13)16/h2-6,18H,7H2,1H3. The summed E-state index contributed by atoms with van der Waals surface area (Å²) < 4.78 is 39.4. The molecular weight excluding hydrogens is 241 g/mol. The van der Waals surface area contributed by atoms with Gasteiger partial charge in [-0.15, -0.1) is 0 Å². The van der Waals surface area contributed by atoms with Crippen molar-refractivity contribution in [3.05, 3.63) is 59.2 Å². The second kappa shape index (κ2) is 5.08. The number of aryl methyl sites for hydroxylation is 1. The highest BCUT2D eigenvalue weighted by atomic mass is 19.1. The van der Waals surface area contributed by atoms with Crippen molar-refractivity contribution in [1.29, 1.82) is 0 Å². The van der Waals surface area contributed by atoms with Crippen LogP contribution in [-0.4, -0.2) is 4.98 Å². The molecule has 1 aromatic heterocycles. The zero-order valence-corrected chi connectivity index (χ0v) is 9.67. The number of aromatic nitrogens is 1. The lowest BCUT2D eigenvalue weighted by molar-refractivity contribution is 0.547. The number of rotatable bonds is 3.